The molecule has 3 aromatic heterocycles. The first-order chi connectivity index (χ1) is 15.5. The summed E-state index contributed by atoms with van der Waals surface area (Å²) < 4.78 is 68.0. The van der Waals surface area contributed by atoms with Gasteiger partial charge in [0.2, 0.25) is 0 Å². The Labute approximate surface area is 191 Å². The number of hydrogen-bond donors (Lipinski definition) is 3. The van der Waals surface area contributed by atoms with Gasteiger partial charge in [0.15, 0.2) is 0 Å². The molecule has 7 nitrogen and oxygen atoms in total. The van der Waals surface area contributed by atoms with Gasteiger partial charge in [0.25, 0.3) is 10.0 Å². The first kappa shape index (κ1) is 22.7. The van der Waals surface area contributed by atoms with Crippen LogP contribution in [0.2, 0.25) is 5.02 Å². The van der Waals surface area contributed by atoms with Gasteiger partial charge in [-0.05, 0) is 42.8 Å². The van der Waals surface area contributed by atoms with E-state index in [1.54, 1.807) is 18.3 Å². The predicted octanol–water partition coefficient (Wildman–Crippen LogP) is 5.16. The number of aryl methyl sites for hydroxylation is 1. The highest BCUT2D eigenvalue weighted by Gasteiger charge is 2.34. The Hall–Kier alpha value is -3.44. The van der Waals surface area contributed by atoms with Gasteiger partial charge in [-0.2, -0.15) is 13.2 Å². The second kappa shape index (κ2) is 8.16. The normalized spacial score (nSPS) is 12.2. The molecule has 170 valence electrons. The van der Waals surface area contributed by atoms with Gasteiger partial charge < -0.3 is 4.98 Å². The molecular formula is C21H15ClF3N5O2S. The molecule has 0 spiro atoms. The number of fused-ring (bicyclic) bond motifs is 1. The van der Waals surface area contributed by atoms with Crippen LogP contribution in [0.5, 0.6) is 0 Å². The Kier molecular flexibility index (Phi) is 5.62. The van der Waals surface area contributed by atoms with Crippen LogP contribution < -0.4 is 4.72 Å². The number of hydrogen-bond acceptors (Lipinski definition) is 5. The van der Waals surface area contributed by atoms with Gasteiger partial charge in [-0.3, -0.25) is 15.1 Å². The van der Waals surface area contributed by atoms with Crippen LogP contribution in [0.4, 0.5) is 18.9 Å². The van der Waals surface area contributed by atoms with E-state index in [2.05, 4.69) is 19.7 Å². The van der Waals surface area contributed by atoms with Crippen LogP contribution in [0, 0.1) is 12.3 Å². The van der Waals surface area contributed by atoms with Gasteiger partial charge in [0, 0.05) is 29.5 Å². The quantitative estimate of drug-likeness (QED) is 0.333. The van der Waals surface area contributed by atoms with Crippen LogP contribution in [0.25, 0.3) is 11.0 Å². The molecule has 0 amide bonds. The molecule has 33 heavy (non-hydrogen) atoms. The molecule has 0 aliphatic carbocycles. The fraction of sp³-hybridized carbons (Fsp3) is 0.0952. The summed E-state index contributed by atoms with van der Waals surface area (Å²) in [5, 5.41) is 9.32. The monoisotopic (exact) mass is 493 g/mol. The van der Waals surface area contributed by atoms with Crippen molar-refractivity contribution < 1.29 is 21.6 Å². The summed E-state index contributed by atoms with van der Waals surface area (Å²) in [5.41, 5.74) is -0.562. The fourth-order valence-corrected chi connectivity index (χ4v) is 4.54. The summed E-state index contributed by atoms with van der Waals surface area (Å²) in [6, 6.07) is 7.23. The molecule has 3 N–H and O–H groups in total. The summed E-state index contributed by atoms with van der Waals surface area (Å²) >= 11 is 5.99. The van der Waals surface area contributed by atoms with Crippen LogP contribution in [0.15, 0.2) is 59.9 Å². The summed E-state index contributed by atoms with van der Waals surface area (Å²) in [4.78, 5) is 10.6. The molecule has 0 atom stereocenters. The minimum absolute atomic E-state index is 0.0557. The molecule has 0 aliphatic heterocycles. The highest BCUT2D eigenvalue weighted by atomic mass is 35.5. The third-order valence-corrected chi connectivity index (χ3v) is 6.46. The maximum absolute atomic E-state index is 13.3. The molecule has 0 radical (unpaired) electrons. The highest BCUT2D eigenvalue weighted by molar-refractivity contribution is 7.92. The van der Waals surface area contributed by atoms with Crippen LogP contribution in [0.1, 0.15) is 22.4 Å². The van der Waals surface area contributed by atoms with Crippen molar-refractivity contribution in [2.45, 2.75) is 18.0 Å². The topological polar surface area (TPSA) is 112 Å². The maximum atomic E-state index is 13.3. The largest absolute Gasteiger partial charge is 0.416 e. The van der Waals surface area contributed by atoms with Crippen LogP contribution in [-0.2, 0) is 16.2 Å². The number of aromatic nitrogens is 3. The lowest BCUT2D eigenvalue weighted by Crippen LogP contribution is -2.18. The van der Waals surface area contributed by atoms with Gasteiger partial charge in [-0.25, -0.2) is 13.4 Å². The minimum atomic E-state index is -4.72. The van der Waals surface area contributed by atoms with Gasteiger partial charge >= 0.3 is 6.18 Å². The highest BCUT2D eigenvalue weighted by Crippen LogP contribution is 2.34. The van der Waals surface area contributed by atoms with Crippen molar-refractivity contribution in [3.63, 3.8) is 0 Å². The van der Waals surface area contributed by atoms with E-state index in [4.69, 9.17) is 17.0 Å². The van der Waals surface area contributed by atoms with E-state index in [9.17, 15) is 21.6 Å². The molecule has 0 unspecified atom stereocenters. The second-order valence-corrected chi connectivity index (χ2v) is 9.22. The molecule has 0 aliphatic rings. The molecule has 1 aromatic carbocycles. The first-order valence-corrected chi connectivity index (χ1v) is 11.2. The Bertz CT molecular complexity index is 1500. The molecule has 3 heterocycles. The summed E-state index contributed by atoms with van der Waals surface area (Å²) in [6.07, 6.45) is -0.355. The number of pyridine rings is 2. The van der Waals surface area contributed by atoms with E-state index < -0.39 is 26.7 Å². The van der Waals surface area contributed by atoms with E-state index >= 15 is 0 Å². The van der Waals surface area contributed by atoms with Gasteiger partial charge in [0.1, 0.15) is 11.3 Å². The average molecular weight is 494 g/mol. The second-order valence-electron chi connectivity index (χ2n) is 7.10. The van der Waals surface area contributed by atoms with Gasteiger partial charge in [-0.15, -0.1) is 0 Å². The lowest BCUT2D eigenvalue weighted by molar-refractivity contribution is -0.138. The third-order valence-electron chi connectivity index (χ3n) is 4.89. The Balaban J connectivity index is 1.78. The van der Waals surface area contributed by atoms with Crippen LogP contribution >= 0.6 is 11.6 Å². The van der Waals surface area contributed by atoms with Crippen molar-refractivity contribution >= 4 is 44.1 Å². The van der Waals surface area contributed by atoms with Crippen LogP contribution in [-0.4, -0.2) is 29.1 Å². The standard InChI is InChI=1S/C21H15ClF3N5O2S/c1-11-2-3-13(9-16(11)21(23,24)25)33(31,32)30-17-8-12(22)10-29-19(17)18(26)14-4-6-27-20-15(14)5-7-28-20/h2-10,26,30H,1H3,(H,27,28). The SMILES string of the molecule is Cc1ccc(S(=O)(=O)Nc2cc(Cl)cnc2C(=N)c2ccnc3[nH]ccc23)cc1C(F)(F)F. The zero-order valence-electron chi connectivity index (χ0n) is 16.8. The van der Waals surface area contributed by atoms with Crippen molar-refractivity contribution in [1.82, 2.24) is 15.0 Å². The number of benzene rings is 1. The van der Waals surface area contributed by atoms with E-state index in [1.165, 1.54) is 25.4 Å². The number of alkyl halides is 3. The van der Waals surface area contributed by atoms with Crippen molar-refractivity contribution in [2.75, 3.05) is 4.72 Å². The zero-order chi connectivity index (χ0) is 24.0. The number of anilines is 1. The molecule has 0 bridgehead atoms. The fourth-order valence-electron chi connectivity index (χ4n) is 3.30. The predicted molar refractivity (Wildman–Crippen MR) is 118 cm³/mol. The number of nitrogens with one attached hydrogen (secondary N) is 3. The average Bonchev–Trinajstić information content (AvgIpc) is 3.21. The van der Waals surface area contributed by atoms with Gasteiger partial charge in [0.05, 0.1) is 26.9 Å². The molecular weight excluding hydrogens is 479 g/mol. The molecule has 0 fully saturated rings. The molecule has 0 saturated carbocycles. The number of rotatable bonds is 5. The van der Waals surface area contributed by atoms with E-state index in [0.717, 1.165) is 12.1 Å². The van der Waals surface area contributed by atoms with Crippen molar-refractivity contribution in [1.29, 1.82) is 5.41 Å². The summed E-state index contributed by atoms with van der Waals surface area (Å²) in [5.74, 6) is 0. The van der Waals surface area contributed by atoms with E-state index in [-0.39, 0.29) is 27.7 Å². The lowest BCUT2D eigenvalue weighted by Gasteiger charge is -2.15. The Morgan fingerprint density at radius 3 is 2.64 bits per heavy atom. The lowest BCUT2D eigenvalue weighted by atomic mass is 10.0. The zero-order valence-corrected chi connectivity index (χ0v) is 18.4. The molecule has 4 rings (SSSR count). The first-order valence-electron chi connectivity index (χ1n) is 9.35. The Morgan fingerprint density at radius 2 is 1.91 bits per heavy atom. The maximum Gasteiger partial charge on any atom is 0.416 e. The minimum Gasteiger partial charge on any atom is -0.346 e. The summed E-state index contributed by atoms with van der Waals surface area (Å²) in [6.45, 7) is 1.24. The third kappa shape index (κ3) is 4.41. The number of nitrogens with zero attached hydrogens (tertiary/aromatic N) is 2. The van der Waals surface area contributed by atoms with E-state index in [0.29, 0.717) is 22.7 Å². The Morgan fingerprint density at radius 1 is 1.15 bits per heavy atom. The van der Waals surface area contributed by atoms with Gasteiger partial charge in [-0.1, -0.05) is 17.7 Å². The number of sulfonamides is 1. The van der Waals surface area contributed by atoms with Crippen LogP contribution in [0.3, 0.4) is 0 Å². The number of H-pyrrole nitrogens is 1. The van der Waals surface area contributed by atoms with Crippen molar-refractivity contribution in [2.24, 2.45) is 0 Å². The van der Waals surface area contributed by atoms with E-state index in [1.807, 2.05) is 0 Å². The number of halogens is 4. The summed E-state index contributed by atoms with van der Waals surface area (Å²) in [7, 11) is -4.46. The van der Waals surface area contributed by atoms with Crippen molar-refractivity contribution in [3.05, 3.63) is 82.4 Å². The number of aromatic amines is 1. The molecule has 12 heteroatoms. The van der Waals surface area contributed by atoms with Crippen molar-refractivity contribution in [3.8, 4) is 0 Å². The molecule has 4 aromatic rings. The smallest absolute Gasteiger partial charge is 0.346 e. The molecule has 0 saturated heterocycles.